The second-order valence-corrected chi connectivity index (χ2v) is 5.97. The van der Waals surface area contributed by atoms with Crippen molar-refractivity contribution in [3.63, 3.8) is 0 Å². The van der Waals surface area contributed by atoms with E-state index in [1.807, 2.05) is 0 Å². The summed E-state index contributed by atoms with van der Waals surface area (Å²) in [5.74, 6) is -0.921. The first-order valence-electron chi connectivity index (χ1n) is 8.58. The molecule has 1 amide bonds. The standard InChI is InChI=1S/C21H19F2N3O/c22-18-7-3-1-5-15(18)9-11-25-21(27)20-13-17(10-12-24-20)26-14-16-6-2-4-8-19(16)23/h1-8,10,12-13H,9,11,14H2,(H,24,26)(H,25,27). The minimum atomic E-state index is -0.346. The molecule has 2 aromatic carbocycles. The summed E-state index contributed by atoms with van der Waals surface area (Å²) in [7, 11) is 0. The summed E-state index contributed by atoms with van der Waals surface area (Å²) in [4.78, 5) is 16.3. The summed E-state index contributed by atoms with van der Waals surface area (Å²) >= 11 is 0. The number of nitrogens with one attached hydrogen (secondary N) is 2. The Morgan fingerprint density at radius 1 is 0.926 bits per heavy atom. The van der Waals surface area contributed by atoms with E-state index >= 15 is 0 Å². The van der Waals surface area contributed by atoms with E-state index in [1.54, 1.807) is 48.5 Å². The molecular formula is C21H19F2N3O. The summed E-state index contributed by atoms with van der Waals surface area (Å²) in [6.45, 7) is 0.597. The predicted octanol–water partition coefficient (Wildman–Crippen LogP) is 3.94. The SMILES string of the molecule is O=C(NCCc1ccccc1F)c1cc(NCc2ccccc2F)ccn1. The van der Waals surface area contributed by atoms with Crippen molar-refractivity contribution in [1.29, 1.82) is 0 Å². The summed E-state index contributed by atoms with van der Waals surface area (Å²) in [5.41, 5.74) is 1.98. The molecule has 0 spiro atoms. The number of anilines is 1. The molecule has 0 aliphatic rings. The van der Waals surface area contributed by atoms with E-state index < -0.39 is 0 Å². The van der Waals surface area contributed by atoms with Gasteiger partial charge in [0.2, 0.25) is 0 Å². The summed E-state index contributed by atoms with van der Waals surface area (Å²) in [6.07, 6.45) is 1.90. The Labute approximate surface area is 156 Å². The molecule has 0 bridgehead atoms. The number of aromatic nitrogens is 1. The number of pyridine rings is 1. The van der Waals surface area contributed by atoms with Gasteiger partial charge in [-0.2, -0.15) is 0 Å². The lowest BCUT2D eigenvalue weighted by molar-refractivity contribution is 0.0949. The highest BCUT2D eigenvalue weighted by Crippen LogP contribution is 2.12. The zero-order valence-corrected chi connectivity index (χ0v) is 14.6. The summed E-state index contributed by atoms with van der Waals surface area (Å²) in [6, 6.07) is 16.3. The maximum absolute atomic E-state index is 13.7. The predicted molar refractivity (Wildman–Crippen MR) is 100 cm³/mol. The van der Waals surface area contributed by atoms with Crippen LogP contribution in [-0.2, 0) is 13.0 Å². The van der Waals surface area contributed by atoms with Crippen molar-refractivity contribution in [2.24, 2.45) is 0 Å². The van der Waals surface area contributed by atoms with E-state index in [4.69, 9.17) is 0 Å². The van der Waals surface area contributed by atoms with E-state index in [0.29, 0.717) is 36.3 Å². The van der Waals surface area contributed by atoms with Gasteiger partial charge in [0.05, 0.1) is 0 Å². The average molecular weight is 367 g/mol. The first-order valence-corrected chi connectivity index (χ1v) is 8.58. The molecule has 138 valence electrons. The number of nitrogens with zero attached hydrogens (tertiary/aromatic N) is 1. The van der Waals surface area contributed by atoms with Crippen LogP contribution in [0.3, 0.4) is 0 Å². The molecule has 1 heterocycles. The van der Waals surface area contributed by atoms with Crippen molar-refractivity contribution in [2.75, 3.05) is 11.9 Å². The van der Waals surface area contributed by atoms with Gasteiger partial charge in [0.25, 0.3) is 5.91 Å². The third kappa shape index (κ3) is 5.10. The number of hydrogen-bond donors (Lipinski definition) is 2. The minimum Gasteiger partial charge on any atom is -0.381 e. The van der Waals surface area contributed by atoms with Gasteiger partial charge in [-0.15, -0.1) is 0 Å². The first kappa shape index (κ1) is 18.5. The third-order valence-electron chi connectivity index (χ3n) is 4.07. The molecule has 2 N–H and O–H groups in total. The minimum absolute atomic E-state index is 0.238. The number of hydrogen-bond acceptors (Lipinski definition) is 3. The highest BCUT2D eigenvalue weighted by Gasteiger charge is 2.09. The first-order chi connectivity index (χ1) is 13.1. The van der Waals surface area contributed by atoms with Gasteiger partial charge in [-0.05, 0) is 36.2 Å². The number of halogens is 2. The largest absolute Gasteiger partial charge is 0.381 e. The van der Waals surface area contributed by atoms with Crippen LogP contribution < -0.4 is 10.6 Å². The Morgan fingerprint density at radius 2 is 1.59 bits per heavy atom. The molecule has 27 heavy (non-hydrogen) atoms. The average Bonchev–Trinajstić information content (AvgIpc) is 2.69. The lowest BCUT2D eigenvalue weighted by Crippen LogP contribution is -2.26. The molecule has 3 aromatic rings. The van der Waals surface area contributed by atoms with E-state index in [2.05, 4.69) is 15.6 Å². The smallest absolute Gasteiger partial charge is 0.269 e. The van der Waals surface area contributed by atoms with Crippen LogP contribution in [-0.4, -0.2) is 17.4 Å². The normalized spacial score (nSPS) is 10.4. The molecule has 0 saturated carbocycles. The maximum Gasteiger partial charge on any atom is 0.269 e. The van der Waals surface area contributed by atoms with Crippen molar-refractivity contribution in [1.82, 2.24) is 10.3 Å². The number of carbonyl (C=O) groups excluding carboxylic acids is 1. The molecule has 0 unspecified atom stereocenters. The molecule has 0 atom stereocenters. The number of amides is 1. The van der Waals surface area contributed by atoms with Crippen LogP contribution in [0.25, 0.3) is 0 Å². The zero-order valence-electron chi connectivity index (χ0n) is 14.6. The summed E-state index contributed by atoms with van der Waals surface area (Å²) in [5, 5.41) is 5.81. The molecule has 0 saturated heterocycles. The quantitative estimate of drug-likeness (QED) is 0.665. The molecule has 3 rings (SSSR count). The number of carbonyl (C=O) groups is 1. The fourth-order valence-corrected chi connectivity index (χ4v) is 2.61. The molecular weight excluding hydrogens is 348 g/mol. The molecule has 6 heteroatoms. The molecule has 0 aliphatic carbocycles. The lowest BCUT2D eigenvalue weighted by Gasteiger charge is -2.09. The second kappa shape index (κ2) is 8.89. The van der Waals surface area contributed by atoms with Gasteiger partial charge in [0, 0.05) is 30.5 Å². The van der Waals surface area contributed by atoms with Gasteiger partial charge in [-0.3, -0.25) is 9.78 Å². The van der Waals surface area contributed by atoms with E-state index in [1.165, 1.54) is 18.3 Å². The van der Waals surface area contributed by atoms with Crippen molar-refractivity contribution >= 4 is 11.6 Å². The Bertz CT molecular complexity index is 931. The van der Waals surface area contributed by atoms with Crippen molar-refractivity contribution in [3.8, 4) is 0 Å². The second-order valence-electron chi connectivity index (χ2n) is 5.97. The van der Waals surface area contributed by atoms with Crippen molar-refractivity contribution in [2.45, 2.75) is 13.0 Å². The van der Waals surface area contributed by atoms with E-state index in [9.17, 15) is 13.6 Å². The van der Waals surface area contributed by atoms with Crippen LogP contribution in [0.5, 0.6) is 0 Å². The molecule has 1 aromatic heterocycles. The van der Waals surface area contributed by atoms with Crippen LogP contribution in [0.1, 0.15) is 21.6 Å². The highest BCUT2D eigenvalue weighted by molar-refractivity contribution is 5.93. The van der Waals surface area contributed by atoms with Crippen LogP contribution in [0.4, 0.5) is 14.5 Å². The Hall–Kier alpha value is -3.28. The molecule has 4 nitrogen and oxygen atoms in total. The van der Waals surface area contributed by atoms with Crippen LogP contribution >= 0.6 is 0 Å². The highest BCUT2D eigenvalue weighted by atomic mass is 19.1. The van der Waals surface area contributed by atoms with Crippen molar-refractivity contribution < 1.29 is 13.6 Å². The molecule has 0 fully saturated rings. The van der Waals surface area contributed by atoms with Crippen LogP contribution in [0, 0.1) is 11.6 Å². The monoisotopic (exact) mass is 367 g/mol. The Kier molecular flexibility index (Phi) is 6.10. The third-order valence-corrected chi connectivity index (χ3v) is 4.07. The number of benzene rings is 2. The number of rotatable bonds is 7. The van der Waals surface area contributed by atoms with Gasteiger partial charge < -0.3 is 10.6 Å². The van der Waals surface area contributed by atoms with Crippen LogP contribution in [0.15, 0.2) is 66.9 Å². The fourth-order valence-electron chi connectivity index (χ4n) is 2.61. The Balaban J connectivity index is 1.55. The van der Waals surface area contributed by atoms with Gasteiger partial charge in [-0.25, -0.2) is 8.78 Å². The molecule has 0 aliphatic heterocycles. The van der Waals surface area contributed by atoms with E-state index in [-0.39, 0.29) is 23.2 Å². The fraction of sp³-hybridized carbons (Fsp3) is 0.143. The van der Waals surface area contributed by atoms with Crippen LogP contribution in [0.2, 0.25) is 0 Å². The topological polar surface area (TPSA) is 54.0 Å². The van der Waals surface area contributed by atoms with Gasteiger partial charge in [-0.1, -0.05) is 36.4 Å². The van der Waals surface area contributed by atoms with Gasteiger partial charge >= 0.3 is 0 Å². The van der Waals surface area contributed by atoms with Gasteiger partial charge in [0.1, 0.15) is 17.3 Å². The maximum atomic E-state index is 13.7. The molecule has 0 radical (unpaired) electrons. The van der Waals surface area contributed by atoms with E-state index in [0.717, 1.165) is 0 Å². The van der Waals surface area contributed by atoms with Gasteiger partial charge in [0.15, 0.2) is 0 Å². The summed E-state index contributed by atoms with van der Waals surface area (Å²) < 4.78 is 27.2. The lowest BCUT2D eigenvalue weighted by atomic mass is 10.1. The van der Waals surface area contributed by atoms with Crippen molar-refractivity contribution in [3.05, 3.63) is 95.3 Å². The zero-order chi connectivity index (χ0) is 19.1. The Morgan fingerprint density at radius 3 is 2.30 bits per heavy atom.